The number of fused-ring (bicyclic) bond motifs is 1. The molecule has 2 atom stereocenters. The molecule has 3 rings (SSSR count). The van der Waals surface area contributed by atoms with Crippen LogP contribution in [0.15, 0.2) is 36.5 Å². The van der Waals surface area contributed by atoms with Crippen molar-refractivity contribution in [1.82, 2.24) is 10.3 Å². The Balaban J connectivity index is 1.82. The fourth-order valence-corrected chi connectivity index (χ4v) is 3.05. The lowest BCUT2D eigenvalue weighted by molar-refractivity contribution is 0.174. The van der Waals surface area contributed by atoms with E-state index in [1.165, 1.54) is 30.2 Å². The molecule has 1 aliphatic carbocycles. The number of benzene rings is 1. The molecule has 2 aromatic rings. The van der Waals surface area contributed by atoms with E-state index in [0.717, 1.165) is 23.9 Å². The molecule has 1 aromatic heterocycles. The number of hydrogen-bond donors (Lipinski definition) is 1. The minimum Gasteiger partial charge on any atom is -0.319 e. The first-order chi connectivity index (χ1) is 8.88. The minimum absolute atomic E-state index is 0.850. The Morgan fingerprint density at radius 3 is 2.78 bits per heavy atom. The van der Waals surface area contributed by atoms with Gasteiger partial charge in [-0.25, -0.2) is 0 Å². The van der Waals surface area contributed by atoms with Crippen molar-refractivity contribution >= 4 is 10.9 Å². The molecule has 1 aromatic carbocycles. The van der Waals surface area contributed by atoms with Crippen LogP contribution in [-0.4, -0.2) is 18.6 Å². The maximum Gasteiger partial charge on any atom is 0.0704 e. The summed E-state index contributed by atoms with van der Waals surface area (Å²) in [5.41, 5.74) is 2.59. The van der Waals surface area contributed by atoms with E-state index in [1.54, 1.807) is 0 Å². The predicted molar refractivity (Wildman–Crippen MR) is 75.6 cm³/mol. The van der Waals surface area contributed by atoms with Gasteiger partial charge in [-0.1, -0.05) is 18.2 Å². The summed E-state index contributed by atoms with van der Waals surface area (Å²) in [6.07, 6.45) is 5.91. The zero-order chi connectivity index (χ0) is 12.4. The first-order valence-electron chi connectivity index (χ1n) is 6.85. The van der Waals surface area contributed by atoms with Crippen LogP contribution in [-0.2, 0) is 6.42 Å². The highest BCUT2D eigenvalue weighted by molar-refractivity contribution is 5.81. The van der Waals surface area contributed by atoms with Gasteiger partial charge < -0.3 is 5.32 Å². The lowest BCUT2D eigenvalue weighted by Crippen LogP contribution is -2.35. The van der Waals surface area contributed by atoms with Gasteiger partial charge in [0.2, 0.25) is 0 Å². The molecule has 2 heteroatoms. The Kier molecular flexibility index (Phi) is 3.28. The molecule has 0 radical (unpaired) electrons. The third-order valence-electron chi connectivity index (χ3n) is 4.26. The molecule has 1 heterocycles. The summed E-state index contributed by atoms with van der Waals surface area (Å²) in [6.45, 7) is 1.16. The highest BCUT2D eigenvalue weighted by atomic mass is 14.8. The zero-order valence-electron chi connectivity index (χ0n) is 10.9. The number of aromatic nitrogens is 1. The first-order valence-corrected chi connectivity index (χ1v) is 6.85. The summed E-state index contributed by atoms with van der Waals surface area (Å²) in [5, 5.41) is 4.64. The molecule has 18 heavy (non-hydrogen) atoms. The Morgan fingerprint density at radius 1 is 1.17 bits per heavy atom. The van der Waals surface area contributed by atoms with Crippen LogP contribution in [0.4, 0.5) is 0 Å². The molecule has 0 aliphatic heterocycles. The molecule has 1 saturated carbocycles. The summed E-state index contributed by atoms with van der Waals surface area (Å²) >= 11 is 0. The fourth-order valence-electron chi connectivity index (χ4n) is 3.05. The molecular formula is C16H20N2. The van der Waals surface area contributed by atoms with Crippen molar-refractivity contribution in [2.75, 3.05) is 13.6 Å². The van der Waals surface area contributed by atoms with Gasteiger partial charge in [-0.3, -0.25) is 4.98 Å². The number of nitrogens with one attached hydrogen (secondary N) is 1. The van der Waals surface area contributed by atoms with Gasteiger partial charge in [0.1, 0.15) is 0 Å². The molecule has 1 aliphatic rings. The third kappa shape index (κ3) is 2.13. The Labute approximate surface area is 108 Å². The molecular weight excluding hydrogens is 220 g/mol. The van der Waals surface area contributed by atoms with E-state index in [2.05, 4.69) is 47.7 Å². The first kappa shape index (κ1) is 11.7. The molecule has 1 N–H and O–H groups in total. The molecule has 2 unspecified atom stereocenters. The van der Waals surface area contributed by atoms with Gasteiger partial charge in [0, 0.05) is 11.6 Å². The second-order valence-electron chi connectivity index (χ2n) is 5.35. The number of pyridine rings is 1. The van der Waals surface area contributed by atoms with Crippen molar-refractivity contribution < 1.29 is 0 Å². The van der Waals surface area contributed by atoms with Crippen LogP contribution in [0.1, 0.15) is 18.4 Å². The topological polar surface area (TPSA) is 24.9 Å². The molecule has 94 valence electrons. The Hall–Kier alpha value is -1.41. The maximum atomic E-state index is 4.44. The van der Waals surface area contributed by atoms with Crippen molar-refractivity contribution in [1.29, 1.82) is 0 Å². The standard InChI is InChI=1S/C16H20N2/c1-17-11-14-7-6-12(14)10-13-8-9-18-16-5-3-2-4-15(13)16/h2-5,8-9,12,14,17H,6-7,10-11H2,1H3. The van der Waals surface area contributed by atoms with Gasteiger partial charge in [0.05, 0.1) is 5.52 Å². The van der Waals surface area contributed by atoms with Gasteiger partial charge in [-0.2, -0.15) is 0 Å². The lowest BCUT2D eigenvalue weighted by Gasteiger charge is -2.37. The predicted octanol–water partition coefficient (Wildman–Crippen LogP) is 3.02. The second kappa shape index (κ2) is 5.07. The smallest absolute Gasteiger partial charge is 0.0704 e. The van der Waals surface area contributed by atoms with Gasteiger partial charge in [0.25, 0.3) is 0 Å². The highest BCUT2D eigenvalue weighted by Crippen LogP contribution is 2.37. The van der Waals surface area contributed by atoms with Crippen LogP contribution < -0.4 is 5.32 Å². The van der Waals surface area contributed by atoms with Crippen molar-refractivity contribution in [2.24, 2.45) is 11.8 Å². The normalized spacial score (nSPS) is 22.9. The van der Waals surface area contributed by atoms with Crippen LogP contribution >= 0.6 is 0 Å². The van der Waals surface area contributed by atoms with Crippen LogP contribution in [0.3, 0.4) is 0 Å². The zero-order valence-corrected chi connectivity index (χ0v) is 10.9. The van der Waals surface area contributed by atoms with Crippen molar-refractivity contribution in [3.8, 4) is 0 Å². The van der Waals surface area contributed by atoms with E-state index >= 15 is 0 Å². The van der Waals surface area contributed by atoms with Crippen molar-refractivity contribution in [2.45, 2.75) is 19.3 Å². The molecule has 0 spiro atoms. The number of nitrogens with zero attached hydrogens (tertiary/aromatic N) is 1. The monoisotopic (exact) mass is 240 g/mol. The van der Waals surface area contributed by atoms with Crippen LogP contribution in [0.5, 0.6) is 0 Å². The highest BCUT2D eigenvalue weighted by Gasteiger charge is 2.30. The van der Waals surface area contributed by atoms with Gasteiger partial charge in [-0.05, 0) is 62.4 Å². The Morgan fingerprint density at radius 2 is 2.00 bits per heavy atom. The van der Waals surface area contributed by atoms with E-state index in [4.69, 9.17) is 0 Å². The molecule has 1 fully saturated rings. The van der Waals surface area contributed by atoms with E-state index in [0.29, 0.717) is 0 Å². The molecule has 2 nitrogen and oxygen atoms in total. The fraction of sp³-hybridized carbons (Fsp3) is 0.438. The number of hydrogen-bond acceptors (Lipinski definition) is 2. The van der Waals surface area contributed by atoms with E-state index in [-0.39, 0.29) is 0 Å². The van der Waals surface area contributed by atoms with E-state index in [1.807, 2.05) is 6.20 Å². The largest absolute Gasteiger partial charge is 0.319 e. The molecule has 0 amide bonds. The second-order valence-corrected chi connectivity index (χ2v) is 5.35. The summed E-state index contributed by atoms with van der Waals surface area (Å²) in [6, 6.07) is 10.7. The van der Waals surface area contributed by atoms with Crippen LogP contribution in [0, 0.1) is 11.8 Å². The van der Waals surface area contributed by atoms with E-state index < -0.39 is 0 Å². The SMILES string of the molecule is CNCC1CCC1Cc1ccnc2ccccc12. The summed E-state index contributed by atoms with van der Waals surface area (Å²) in [7, 11) is 2.05. The average molecular weight is 240 g/mol. The molecule has 0 saturated heterocycles. The summed E-state index contributed by atoms with van der Waals surface area (Å²) < 4.78 is 0. The third-order valence-corrected chi connectivity index (χ3v) is 4.26. The molecule has 0 bridgehead atoms. The van der Waals surface area contributed by atoms with E-state index in [9.17, 15) is 0 Å². The van der Waals surface area contributed by atoms with Gasteiger partial charge in [0.15, 0.2) is 0 Å². The van der Waals surface area contributed by atoms with Crippen LogP contribution in [0.25, 0.3) is 10.9 Å². The summed E-state index contributed by atoms with van der Waals surface area (Å²) in [5.74, 6) is 1.71. The number of rotatable bonds is 4. The van der Waals surface area contributed by atoms with Gasteiger partial charge in [-0.15, -0.1) is 0 Å². The Bertz CT molecular complexity index is 530. The van der Waals surface area contributed by atoms with Crippen molar-refractivity contribution in [3.05, 3.63) is 42.1 Å². The summed E-state index contributed by atoms with van der Waals surface area (Å²) in [4.78, 5) is 4.44. The van der Waals surface area contributed by atoms with Gasteiger partial charge >= 0.3 is 0 Å². The minimum atomic E-state index is 0.850. The average Bonchev–Trinajstić information content (AvgIpc) is 2.41. The van der Waals surface area contributed by atoms with Crippen LogP contribution in [0.2, 0.25) is 0 Å². The maximum absolute atomic E-state index is 4.44. The number of para-hydroxylation sites is 1. The quantitative estimate of drug-likeness (QED) is 0.888. The lowest BCUT2D eigenvalue weighted by atomic mass is 9.70. The van der Waals surface area contributed by atoms with Crippen molar-refractivity contribution in [3.63, 3.8) is 0 Å².